The Kier molecular flexibility index (Phi) is 5.08. The van der Waals surface area contributed by atoms with Crippen LogP contribution in [0.5, 0.6) is 0 Å². The number of ketones is 1. The Morgan fingerprint density at radius 2 is 2.12 bits per heavy atom. The van der Waals surface area contributed by atoms with Gasteiger partial charge in [0.2, 0.25) is 5.78 Å². The molecule has 2 aromatic heterocycles. The van der Waals surface area contributed by atoms with Crippen LogP contribution in [0.4, 0.5) is 5.82 Å². The smallest absolute Gasteiger partial charge is 0.348 e. The van der Waals surface area contributed by atoms with Crippen molar-refractivity contribution in [3.05, 3.63) is 47.8 Å². The first kappa shape index (κ1) is 18.1. The molecule has 2 aromatic rings. The first-order valence-electron chi connectivity index (χ1n) is 8.36. The van der Waals surface area contributed by atoms with Gasteiger partial charge in [-0.25, -0.2) is 9.59 Å². The number of aromatic amines is 1. The summed E-state index contributed by atoms with van der Waals surface area (Å²) in [5.74, 6) is -1.56. The van der Waals surface area contributed by atoms with E-state index in [9.17, 15) is 19.2 Å². The van der Waals surface area contributed by atoms with Crippen molar-refractivity contribution < 1.29 is 14.3 Å². The summed E-state index contributed by atoms with van der Waals surface area (Å²) in [6.45, 7) is 1.49. The quantitative estimate of drug-likeness (QED) is 0.574. The Labute approximate surface area is 152 Å². The summed E-state index contributed by atoms with van der Waals surface area (Å²) in [4.78, 5) is 51.9. The number of nitrogens with one attached hydrogen (secondary N) is 1. The lowest BCUT2D eigenvalue weighted by atomic mass is 10.2. The molecule has 0 atom stereocenters. The minimum absolute atomic E-state index is 0.211. The Morgan fingerprint density at radius 1 is 1.35 bits per heavy atom. The largest absolute Gasteiger partial charge is 0.453 e. The second-order valence-corrected chi connectivity index (χ2v) is 7.22. The van der Waals surface area contributed by atoms with Crippen LogP contribution >= 0.6 is 11.3 Å². The zero-order chi connectivity index (χ0) is 18.8. The van der Waals surface area contributed by atoms with Crippen molar-refractivity contribution in [2.45, 2.75) is 39.2 Å². The SMILES string of the molecule is CCCn1c(N)c(C(=O)COC(=O)c2cc3c(s2)CCC3)c(=O)[nH]c1=O. The maximum atomic E-state index is 12.3. The average Bonchev–Trinajstić information content (AvgIpc) is 3.18. The number of nitrogen functional groups attached to an aromatic ring is 1. The minimum atomic E-state index is -0.879. The predicted octanol–water partition coefficient (Wildman–Crippen LogP) is 1.12. The molecule has 1 aliphatic carbocycles. The molecule has 0 saturated carbocycles. The third kappa shape index (κ3) is 3.34. The lowest BCUT2D eigenvalue weighted by Gasteiger charge is -2.11. The maximum absolute atomic E-state index is 12.3. The summed E-state index contributed by atoms with van der Waals surface area (Å²) in [5.41, 5.74) is 5.06. The highest BCUT2D eigenvalue weighted by atomic mass is 32.1. The van der Waals surface area contributed by atoms with Gasteiger partial charge in [0.15, 0.2) is 6.61 Å². The molecular formula is C17H19N3O5S. The number of esters is 1. The first-order chi connectivity index (χ1) is 12.4. The molecule has 26 heavy (non-hydrogen) atoms. The second-order valence-electron chi connectivity index (χ2n) is 6.08. The molecule has 1 aliphatic rings. The van der Waals surface area contributed by atoms with E-state index in [2.05, 4.69) is 4.98 Å². The zero-order valence-electron chi connectivity index (χ0n) is 14.3. The monoisotopic (exact) mass is 377 g/mol. The van der Waals surface area contributed by atoms with Crippen molar-refractivity contribution in [1.29, 1.82) is 0 Å². The highest BCUT2D eigenvalue weighted by molar-refractivity contribution is 7.14. The molecule has 0 spiro atoms. The van der Waals surface area contributed by atoms with Crippen molar-refractivity contribution in [2.24, 2.45) is 0 Å². The molecule has 138 valence electrons. The van der Waals surface area contributed by atoms with Gasteiger partial charge in [0.05, 0.1) is 0 Å². The Morgan fingerprint density at radius 3 is 2.81 bits per heavy atom. The van der Waals surface area contributed by atoms with Gasteiger partial charge in [-0.2, -0.15) is 0 Å². The number of Topliss-reactive ketones (excluding diaryl/α,β-unsaturated/α-hetero) is 1. The third-order valence-corrected chi connectivity index (χ3v) is 5.46. The van der Waals surface area contributed by atoms with Crippen LogP contribution in [0.3, 0.4) is 0 Å². The molecule has 0 radical (unpaired) electrons. The normalized spacial score (nSPS) is 12.8. The molecule has 9 heteroatoms. The van der Waals surface area contributed by atoms with E-state index in [1.165, 1.54) is 16.2 Å². The summed E-state index contributed by atoms with van der Waals surface area (Å²) in [5, 5.41) is 0. The van der Waals surface area contributed by atoms with Gasteiger partial charge in [-0.05, 0) is 37.3 Å². The van der Waals surface area contributed by atoms with E-state index in [-0.39, 0.29) is 17.9 Å². The van der Waals surface area contributed by atoms with E-state index in [0.29, 0.717) is 11.3 Å². The summed E-state index contributed by atoms with van der Waals surface area (Å²) in [6.07, 6.45) is 3.59. The van der Waals surface area contributed by atoms with E-state index in [0.717, 1.165) is 29.4 Å². The van der Waals surface area contributed by atoms with Gasteiger partial charge < -0.3 is 10.5 Å². The van der Waals surface area contributed by atoms with Crippen LogP contribution in [-0.4, -0.2) is 27.9 Å². The fourth-order valence-electron chi connectivity index (χ4n) is 3.01. The van der Waals surface area contributed by atoms with Gasteiger partial charge >= 0.3 is 11.7 Å². The number of nitrogens with zero attached hydrogens (tertiary/aromatic N) is 1. The summed E-state index contributed by atoms with van der Waals surface area (Å²) < 4.78 is 6.17. The van der Waals surface area contributed by atoms with Crippen LogP contribution in [0.15, 0.2) is 15.7 Å². The van der Waals surface area contributed by atoms with Gasteiger partial charge in [-0.1, -0.05) is 6.92 Å². The van der Waals surface area contributed by atoms with Gasteiger partial charge in [0.1, 0.15) is 16.3 Å². The number of carbonyl (C=O) groups excluding carboxylic acids is 2. The maximum Gasteiger partial charge on any atom is 0.348 e. The molecule has 0 fully saturated rings. The number of aromatic nitrogens is 2. The number of H-pyrrole nitrogens is 1. The summed E-state index contributed by atoms with van der Waals surface area (Å²) in [7, 11) is 0. The number of anilines is 1. The van der Waals surface area contributed by atoms with E-state index in [1.807, 2.05) is 6.92 Å². The number of hydrogen-bond donors (Lipinski definition) is 2. The predicted molar refractivity (Wildman–Crippen MR) is 97.0 cm³/mol. The molecule has 0 bridgehead atoms. The first-order valence-corrected chi connectivity index (χ1v) is 9.18. The fraction of sp³-hybridized carbons (Fsp3) is 0.412. The van der Waals surface area contributed by atoms with Crippen molar-refractivity contribution >= 4 is 28.9 Å². The number of thiophene rings is 1. The van der Waals surface area contributed by atoms with Crippen molar-refractivity contribution in [3.8, 4) is 0 Å². The number of ether oxygens (including phenoxy) is 1. The van der Waals surface area contributed by atoms with Gasteiger partial charge in [-0.3, -0.25) is 19.1 Å². The van der Waals surface area contributed by atoms with Crippen LogP contribution in [-0.2, 0) is 24.1 Å². The highest BCUT2D eigenvalue weighted by Gasteiger charge is 2.23. The number of hydrogen-bond acceptors (Lipinski definition) is 7. The van der Waals surface area contributed by atoms with Crippen molar-refractivity contribution in [2.75, 3.05) is 12.3 Å². The molecule has 3 N–H and O–H groups in total. The number of nitrogens with two attached hydrogens (primary N) is 1. The topological polar surface area (TPSA) is 124 Å². The van der Waals surface area contributed by atoms with Gasteiger partial charge in [-0.15, -0.1) is 11.3 Å². The summed E-state index contributed by atoms with van der Waals surface area (Å²) in [6, 6.07) is 1.79. The molecule has 3 rings (SSSR count). The number of fused-ring (bicyclic) bond motifs is 1. The molecule has 0 saturated heterocycles. The lowest BCUT2D eigenvalue weighted by Crippen LogP contribution is -2.37. The molecule has 0 amide bonds. The lowest BCUT2D eigenvalue weighted by molar-refractivity contribution is 0.0479. The standard InChI is InChI=1S/C17H19N3O5S/c1-2-6-20-14(18)13(15(22)19-17(20)24)10(21)8-25-16(23)12-7-9-4-3-5-11(9)26-12/h7H,2-6,8,18H2,1H3,(H,19,22,24). The van der Waals surface area contributed by atoms with Crippen LogP contribution in [0.25, 0.3) is 0 Å². The Hall–Kier alpha value is -2.68. The fourth-order valence-corrected chi connectivity index (χ4v) is 4.15. The molecular weight excluding hydrogens is 358 g/mol. The second kappa shape index (κ2) is 7.28. The van der Waals surface area contributed by atoms with Crippen molar-refractivity contribution in [1.82, 2.24) is 9.55 Å². The number of carbonyl (C=O) groups is 2. The minimum Gasteiger partial charge on any atom is -0.453 e. The number of aryl methyl sites for hydroxylation is 2. The van der Waals surface area contributed by atoms with Gasteiger partial charge in [0, 0.05) is 11.4 Å². The van der Waals surface area contributed by atoms with Crippen molar-refractivity contribution in [3.63, 3.8) is 0 Å². The van der Waals surface area contributed by atoms with E-state index in [4.69, 9.17) is 10.5 Å². The zero-order valence-corrected chi connectivity index (χ0v) is 15.1. The average molecular weight is 377 g/mol. The van der Waals surface area contributed by atoms with E-state index >= 15 is 0 Å². The Bertz CT molecular complexity index is 964. The molecule has 8 nitrogen and oxygen atoms in total. The Balaban J connectivity index is 1.75. The van der Waals surface area contributed by atoms with Crippen LogP contribution in [0.2, 0.25) is 0 Å². The van der Waals surface area contributed by atoms with E-state index in [1.54, 1.807) is 6.07 Å². The third-order valence-electron chi connectivity index (χ3n) is 4.25. The van der Waals surface area contributed by atoms with Crippen LogP contribution in [0.1, 0.15) is 50.2 Å². The number of rotatable bonds is 6. The molecule has 0 aromatic carbocycles. The summed E-state index contributed by atoms with van der Waals surface area (Å²) >= 11 is 1.37. The van der Waals surface area contributed by atoms with Crippen LogP contribution in [0, 0.1) is 0 Å². The molecule has 0 unspecified atom stereocenters. The van der Waals surface area contributed by atoms with Crippen LogP contribution < -0.4 is 17.0 Å². The molecule has 0 aliphatic heterocycles. The van der Waals surface area contributed by atoms with E-state index < -0.39 is 29.6 Å². The molecule has 2 heterocycles. The highest BCUT2D eigenvalue weighted by Crippen LogP contribution is 2.30. The van der Waals surface area contributed by atoms with Gasteiger partial charge in [0.25, 0.3) is 5.56 Å².